The van der Waals surface area contributed by atoms with E-state index in [1.807, 2.05) is 18.2 Å². The van der Waals surface area contributed by atoms with Crippen molar-refractivity contribution in [2.45, 2.75) is 5.41 Å². The van der Waals surface area contributed by atoms with Crippen LogP contribution in [0.2, 0.25) is 0 Å². The van der Waals surface area contributed by atoms with Gasteiger partial charge in [0.1, 0.15) is 0 Å². The molecule has 0 unspecified atom stereocenters. The van der Waals surface area contributed by atoms with Crippen molar-refractivity contribution in [3.63, 3.8) is 0 Å². The topological polar surface area (TPSA) is 38.7 Å². The quantitative estimate of drug-likeness (QED) is 0.174. The third-order valence-electron chi connectivity index (χ3n) is 12.9. The summed E-state index contributed by atoms with van der Waals surface area (Å²) in [6, 6.07) is 73.9. The summed E-state index contributed by atoms with van der Waals surface area (Å²) in [5, 5.41) is 2.31. The van der Waals surface area contributed by atoms with Gasteiger partial charge in [0.25, 0.3) is 0 Å². The molecule has 9 aromatic carbocycles. The Balaban J connectivity index is 0.998. The number of aromatic nitrogens is 3. The number of fused-ring (bicyclic) bond motifs is 13. The lowest BCUT2D eigenvalue weighted by atomic mass is 9.70. The van der Waals surface area contributed by atoms with Crippen LogP contribution < -0.4 is 0 Å². The number of hydrogen-bond donors (Lipinski definition) is 0. The molecular weight excluding hydrogens is 771 g/mol. The molecule has 62 heavy (non-hydrogen) atoms. The van der Waals surface area contributed by atoms with Gasteiger partial charge in [0, 0.05) is 36.9 Å². The SMILES string of the molecule is [2H]c1cccc2c1sc1c(-c3ccc(-c4nc(-c5ccc(-c6ccccc6)cc5)nc(-c5cccc6c5-c5ccccc5C65c6ccccc6-c6ccccc65)n4)cc3)cccc12. The van der Waals surface area contributed by atoms with Crippen LogP contribution in [0.1, 0.15) is 23.6 Å². The molecule has 0 N–H and O–H groups in total. The first-order chi connectivity index (χ1) is 31.1. The van der Waals surface area contributed by atoms with Crippen LogP contribution in [-0.2, 0) is 5.41 Å². The maximum atomic E-state index is 8.57. The van der Waals surface area contributed by atoms with E-state index >= 15 is 0 Å². The molecule has 0 radical (unpaired) electrons. The molecule has 0 aliphatic heterocycles. The van der Waals surface area contributed by atoms with Gasteiger partial charge in [-0.25, -0.2) is 15.0 Å². The van der Waals surface area contributed by atoms with Crippen LogP contribution in [0, 0.1) is 0 Å². The zero-order chi connectivity index (χ0) is 41.6. The van der Waals surface area contributed by atoms with Gasteiger partial charge in [-0.1, -0.05) is 206 Å². The fourth-order valence-electron chi connectivity index (χ4n) is 10.2. The first-order valence-corrected chi connectivity index (χ1v) is 21.8. The van der Waals surface area contributed by atoms with E-state index in [0.717, 1.165) is 54.6 Å². The lowest BCUT2D eigenvalue weighted by Gasteiger charge is -2.30. The van der Waals surface area contributed by atoms with E-state index in [0.29, 0.717) is 23.5 Å². The lowest BCUT2D eigenvalue weighted by molar-refractivity contribution is 0.794. The zero-order valence-electron chi connectivity index (χ0n) is 34.4. The highest BCUT2D eigenvalue weighted by Gasteiger charge is 2.52. The lowest BCUT2D eigenvalue weighted by Crippen LogP contribution is -2.25. The number of benzene rings is 9. The molecule has 0 saturated heterocycles. The highest BCUT2D eigenvalue weighted by molar-refractivity contribution is 7.26. The average molecular weight is 807 g/mol. The van der Waals surface area contributed by atoms with Crippen LogP contribution in [0.25, 0.3) is 98.8 Å². The van der Waals surface area contributed by atoms with E-state index in [1.54, 1.807) is 11.3 Å². The molecule has 11 aromatic rings. The molecule has 0 atom stereocenters. The summed E-state index contributed by atoms with van der Waals surface area (Å²) < 4.78 is 10.8. The van der Waals surface area contributed by atoms with E-state index in [4.69, 9.17) is 16.3 Å². The Morgan fingerprint density at radius 3 is 1.50 bits per heavy atom. The van der Waals surface area contributed by atoms with Gasteiger partial charge in [-0.05, 0) is 72.8 Å². The Hall–Kier alpha value is -7.79. The third kappa shape index (κ3) is 5.08. The van der Waals surface area contributed by atoms with Gasteiger partial charge < -0.3 is 0 Å². The molecule has 0 saturated carbocycles. The van der Waals surface area contributed by atoms with Crippen molar-refractivity contribution in [3.05, 3.63) is 235 Å². The molecule has 2 aliphatic rings. The summed E-state index contributed by atoms with van der Waals surface area (Å²) >= 11 is 1.69. The minimum atomic E-state index is -0.476. The molecule has 0 bridgehead atoms. The predicted molar refractivity (Wildman–Crippen MR) is 256 cm³/mol. The van der Waals surface area contributed by atoms with Gasteiger partial charge >= 0.3 is 0 Å². The highest BCUT2D eigenvalue weighted by atomic mass is 32.1. The molecular formula is C58H35N3S. The number of rotatable bonds is 5. The average Bonchev–Trinajstić information content (AvgIpc) is 4.00. The van der Waals surface area contributed by atoms with Crippen molar-refractivity contribution in [1.82, 2.24) is 15.0 Å². The normalized spacial score (nSPS) is 13.2. The summed E-state index contributed by atoms with van der Waals surface area (Å²) in [5.41, 5.74) is 16.9. The molecule has 288 valence electrons. The fraction of sp³-hybridized carbons (Fsp3) is 0.0172. The molecule has 4 heteroatoms. The zero-order valence-corrected chi connectivity index (χ0v) is 34.2. The first kappa shape index (κ1) is 34.0. The Morgan fingerprint density at radius 1 is 0.339 bits per heavy atom. The number of hydrogen-bond acceptors (Lipinski definition) is 4. The summed E-state index contributed by atoms with van der Waals surface area (Å²) in [4.78, 5) is 15.9. The van der Waals surface area contributed by atoms with Gasteiger partial charge in [0.15, 0.2) is 17.5 Å². The van der Waals surface area contributed by atoms with Crippen molar-refractivity contribution >= 4 is 31.5 Å². The van der Waals surface area contributed by atoms with Gasteiger partial charge in [-0.15, -0.1) is 11.3 Å². The Labute approximate surface area is 364 Å². The summed E-state index contributed by atoms with van der Waals surface area (Å²) in [6.07, 6.45) is 0. The second-order valence-corrected chi connectivity index (χ2v) is 17.2. The van der Waals surface area contributed by atoms with E-state index in [1.165, 1.54) is 49.0 Å². The second kappa shape index (κ2) is 13.6. The molecule has 2 aromatic heterocycles. The van der Waals surface area contributed by atoms with Crippen molar-refractivity contribution < 1.29 is 1.37 Å². The molecule has 0 amide bonds. The third-order valence-corrected chi connectivity index (χ3v) is 14.1. The van der Waals surface area contributed by atoms with Crippen LogP contribution in [-0.4, -0.2) is 15.0 Å². The van der Waals surface area contributed by atoms with E-state index in [-0.39, 0.29) is 0 Å². The van der Waals surface area contributed by atoms with E-state index in [2.05, 4.69) is 188 Å². The molecule has 1 spiro atoms. The van der Waals surface area contributed by atoms with Crippen LogP contribution in [0.3, 0.4) is 0 Å². The smallest absolute Gasteiger partial charge is 0.164 e. The van der Waals surface area contributed by atoms with Gasteiger partial charge in [-0.3, -0.25) is 0 Å². The number of nitrogens with zero attached hydrogens (tertiary/aromatic N) is 3. The Bertz CT molecular complexity index is 3580. The first-order valence-electron chi connectivity index (χ1n) is 21.5. The molecule has 2 heterocycles. The Morgan fingerprint density at radius 2 is 0.806 bits per heavy atom. The van der Waals surface area contributed by atoms with Crippen molar-refractivity contribution in [3.8, 4) is 78.7 Å². The standard InChI is InChI=1S/C58H35N3S/c1-2-14-36(15-3-1)37-28-32-39(33-29-37)55-59-56(40-34-30-38(31-35-40)41-20-12-21-45-44-18-7-11-27-52(44)62-54(41)45)61-57(60-55)47-22-13-26-51-53(47)46-19-6-10-25-50(46)58(51)48-23-8-4-16-42(48)43-17-5-9-24-49(43)58/h1-35H/i27D. The summed E-state index contributed by atoms with van der Waals surface area (Å²) in [6.45, 7) is 0. The van der Waals surface area contributed by atoms with E-state index in [9.17, 15) is 0 Å². The van der Waals surface area contributed by atoms with E-state index < -0.39 is 5.41 Å². The minimum Gasteiger partial charge on any atom is -0.208 e. The molecule has 2 aliphatic carbocycles. The van der Waals surface area contributed by atoms with Gasteiger partial charge in [-0.2, -0.15) is 0 Å². The second-order valence-electron chi connectivity index (χ2n) is 16.1. The fourth-order valence-corrected chi connectivity index (χ4v) is 11.4. The largest absolute Gasteiger partial charge is 0.208 e. The number of thiophene rings is 1. The molecule has 13 rings (SSSR count). The summed E-state index contributed by atoms with van der Waals surface area (Å²) in [7, 11) is 0. The molecule has 3 nitrogen and oxygen atoms in total. The van der Waals surface area contributed by atoms with Crippen LogP contribution >= 0.6 is 11.3 Å². The van der Waals surface area contributed by atoms with Crippen LogP contribution in [0.4, 0.5) is 0 Å². The maximum Gasteiger partial charge on any atom is 0.164 e. The molecule has 0 fully saturated rings. The Kier molecular flexibility index (Phi) is 7.46. The monoisotopic (exact) mass is 806 g/mol. The van der Waals surface area contributed by atoms with Crippen LogP contribution in [0.15, 0.2) is 212 Å². The summed E-state index contributed by atoms with van der Waals surface area (Å²) in [5.74, 6) is 1.87. The van der Waals surface area contributed by atoms with Crippen molar-refractivity contribution in [2.75, 3.05) is 0 Å². The van der Waals surface area contributed by atoms with Crippen molar-refractivity contribution in [1.29, 1.82) is 0 Å². The van der Waals surface area contributed by atoms with Gasteiger partial charge in [0.2, 0.25) is 0 Å². The minimum absolute atomic E-state index is 0.476. The van der Waals surface area contributed by atoms with Crippen molar-refractivity contribution in [2.24, 2.45) is 0 Å². The van der Waals surface area contributed by atoms with Crippen LogP contribution in [0.5, 0.6) is 0 Å². The maximum absolute atomic E-state index is 8.57. The predicted octanol–water partition coefficient (Wildman–Crippen LogP) is 14.9. The van der Waals surface area contributed by atoms with Gasteiger partial charge in [0.05, 0.1) is 6.79 Å². The highest BCUT2D eigenvalue weighted by Crippen LogP contribution is 2.63.